The summed E-state index contributed by atoms with van der Waals surface area (Å²) in [6, 6.07) is 11.6. The summed E-state index contributed by atoms with van der Waals surface area (Å²) in [5, 5.41) is 5.52. The topological polar surface area (TPSA) is 111 Å². The van der Waals surface area contributed by atoms with E-state index in [1.54, 1.807) is 24.1 Å². The van der Waals surface area contributed by atoms with Gasteiger partial charge in [0.15, 0.2) is 11.6 Å². The van der Waals surface area contributed by atoms with Crippen molar-refractivity contribution in [3.05, 3.63) is 48.8 Å². The molecule has 0 radical (unpaired) electrons. The molecule has 0 aliphatic carbocycles. The van der Waals surface area contributed by atoms with Gasteiger partial charge in [0, 0.05) is 43.9 Å². The zero-order valence-electron chi connectivity index (χ0n) is 18.8. The van der Waals surface area contributed by atoms with Gasteiger partial charge >= 0.3 is 0 Å². The number of benzene rings is 2. The number of fused-ring (bicyclic) bond motifs is 1. The molecule has 4 N–H and O–H groups in total. The van der Waals surface area contributed by atoms with Crippen molar-refractivity contribution in [1.82, 2.24) is 24.6 Å². The molecule has 0 saturated carbocycles. The Morgan fingerprint density at radius 1 is 1.03 bits per heavy atom. The first-order valence-corrected chi connectivity index (χ1v) is 10.3. The number of nitrogens with two attached hydrogens (primary N) is 2. The second-order valence-electron chi connectivity index (χ2n) is 7.88. The Labute approximate surface area is 187 Å². The van der Waals surface area contributed by atoms with Crippen molar-refractivity contribution < 1.29 is 4.74 Å². The summed E-state index contributed by atoms with van der Waals surface area (Å²) in [5.41, 5.74) is 16.3. The number of nitrogen functional groups attached to an aromatic ring is 2. The van der Waals surface area contributed by atoms with Crippen molar-refractivity contribution in [2.45, 2.75) is 0 Å². The molecule has 9 nitrogen and oxygen atoms in total. The van der Waals surface area contributed by atoms with E-state index in [0.717, 1.165) is 29.7 Å². The molecule has 9 heteroatoms. The van der Waals surface area contributed by atoms with Crippen LogP contribution in [0.3, 0.4) is 0 Å². The van der Waals surface area contributed by atoms with Crippen molar-refractivity contribution in [3.8, 4) is 23.0 Å². The Hall–Kier alpha value is -3.85. The molecule has 0 aliphatic rings. The molecule has 0 spiro atoms. The van der Waals surface area contributed by atoms with Crippen LogP contribution in [-0.4, -0.2) is 66.0 Å². The fourth-order valence-electron chi connectivity index (χ4n) is 3.61. The highest BCUT2D eigenvalue weighted by atomic mass is 16.5. The molecule has 166 valence electrons. The van der Waals surface area contributed by atoms with E-state index < -0.39 is 0 Å². The van der Waals surface area contributed by atoms with E-state index in [0.29, 0.717) is 34.3 Å². The Balaban J connectivity index is 1.83. The number of para-hydroxylation sites is 1. The minimum Gasteiger partial charge on any atom is -0.494 e. The van der Waals surface area contributed by atoms with Crippen molar-refractivity contribution in [3.63, 3.8) is 0 Å². The molecule has 0 fully saturated rings. The molecule has 0 unspecified atom stereocenters. The average Bonchev–Trinajstić information content (AvgIpc) is 3.22. The molecule has 4 rings (SSSR count). The first kappa shape index (κ1) is 21.4. The van der Waals surface area contributed by atoms with Crippen LogP contribution in [0.25, 0.3) is 28.1 Å². The van der Waals surface area contributed by atoms with Crippen LogP contribution >= 0.6 is 0 Å². The van der Waals surface area contributed by atoms with Crippen molar-refractivity contribution in [1.29, 1.82) is 0 Å². The van der Waals surface area contributed by atoms with Gasteiger partial charge < -0.3 is 26.0 Å². The Morgan fingerprint density at radius 3 is 2.56 bits per heavy atom. The largest absolute Gasteiger partial charge is 0.494 e. The Bertz CT molecular complexity index is 1250. The van der Waals surface area contributed by atoms with Gasteiger partial charge in [0.1, 0.15) is 5.75 Å². The summed E-state index contributed by atoms with van der Waals surface area (Å²) in [7, 11) is 7.64. The minimum absolute atomic E-state index is 0.400. The molecule has 2 heterocycles. The SMILES string of the molecule is COc1cc(N(C)CCN(C)C)c(N)c(-c2nccc(-n3ncc4ccccc43)n2)c1N. The first-order chi connectivity index (χ1) is 15.4. The number of rotatable bonds is 7. The quantitative estimate of drug-likeness (QED) is 0.429. The second-order valence-corrected chi connectivity index (χ2v) is 7.88. The maximum atomic E-state index is 6.61. The maximum Gasteiger partial charge on any atom is 0.165 e. The van der Waals surface area contributed by atoms with E-state index in [4.69, 9.17) is 21.2 Å². The third-order valence-corrected chi connectivity index (χ3v) is 5.42. The summed E-state index contributed by atoms with van der Waals surface area (Å²) >= 11 is 0. The van der Waals surface area contributed by atoms with Crippen LogP contribution in [0.2, 0.25) is 0 Å². The van der Waals surface area contributed by atoms with Gasteiger partial charge in [-0.2, -0.15) is 5.10 Å². The van der Waals surface area contributed by atoms with Gasteiger partial charge in [-0.15, -0.1) is 0 Å². The molecular weight excluding hydrogens is 404 g/mol. The van der Waals surface area contributed by atoms with Gasteiger partial charge in [-0.05, 0) is 20.2 Å². The van der Waals surface area contributed by atoms with E-state index in [9.17, 15) is 0 Å². The molecule has 2 aromatic heterocycles. The van der Waals surface area contributed by atoms with Crippen molar-refractivity contribution >= 4 is 28.0 Å². The average molecular weight is 433 g/mol. The van der Waals surface area contributed by atoms with Crippen LogP contribution in [0, 0.1) is 0 Å². The van der Waals surface area contributed by atoms with Crippen LogP contribution in [0.5, 0.6) is 5.75 Å². The van der Waals surface area contributed by atoms with Gasteiger partial charge in [-0.1, -0.05) is 18.2 Å². The van der Waals surface area contributed by atoms with E-state index in [-0.39, 0.29) is 0 Å². The van der Waals surface area contributed by atoms with Crippen LogP contribution in [0.1, 0.15) is 0 Å². The monoisotopic (exact) mass is 432 g/mol. The second kappa shape index (κ2) is 8.72. The van der Waals surface area contributed by atoms with Crippen LogP contribution in [0.15, 0.2) is 48.8 Å². The summed E-state index contributed by atoms with van der Waals surface area (Å²) in [6.07, 6.45) is 3.49. The van der Waals surface area contributed by atoms with Crippen molar-refractivity contribution in [2.75, 3.05) is 57.7 Å². The molecule has 0 atom stereocenters. The predicted molar refractivity (Wildman–Crippen MR) is 129 cm³/mol. The molecule has 32 heavy (non-hydrogen) atoms. The fourth-order valence-corrected chi connectivity index (χ4v) is 3.61. The van der Waals surface area contributed by atoms with Crippen LogP contribution in [0.4, 0.5) is 17.1 Å². The normalized spacial score (nSPS) is 11.3. The lowest BCUT2D eigenvalue weighted by atomic mass is 10.1. The van der Waals surface area contributed by atoms with E-state index in [1.807, 2.05) is 57.7 Å². The molecule has 0 aliphatic heterocycles. The standard InChI is InChI=1S/C23H28N8O/c1-29(2)11-12-30(3)17-13-18(32-4)22(25)20(21(17)24)23-26-10-9-19(28-23)31-16-8-6-5-7-15(16)14-27-31/h5-10,13-14H,11-12,24-25H2,1-4H3. The van der Waals surface area contributed by atoms with Crippen LogP contribution in [-0.2, 0) is 0 Å². The zero-order chi connectivity index (χ0) is 22.8. The zero-order valence-corrected chi connectivity index (χ0v) is 18.8. The van der Waals surface area contributed by atoms with Crippen LogP contribution < -0.4 is 21.1 Å². The van der Waals surface area contributed by atoms with E-state index in [2.05, 4.69) is 19.9 Å². The third-order valence-electron chi connectivity index (χ3n) is 5.42. The summed E-state index contributed by atoms with van der Waals surface area (Å²) in [6.45, 7) is 1.65. The van der Waals surface area contributed by atoms with Gasteiger partial charge in [0.25, 0.3) is 0 Å². The predicted octanol–water partition coefficient (Wildman–Crippen LogP) is 2.65. The lowest BCUT2D eigenvalue weighted by Crippen LogP contribution is -2.29. The maximum absolute atomic E-state index is 6.61. The van der Waals surface area contributed by atoms with Gasteiger partial charge in [0.05, 0.1) is 41.4 Å². The highest BCUT2D eigenvalue weighted by Gasteiger charge is 2.21. The highest BCUT2D eigenvalue weighted by Crippen LogP contribution is 2.43. The molecular formula is C23H28N8O. The number of nitrogens with zero attached hydrogens (tertiary/aromatic N) is 6. The summed E-state index contributed by atoms with van der Waals surface area (Å²) in [4.78, 5) is 13.4. The number of anilines is 3. The van der Waals surface area contributed by atoms with Gasteiger partial charge in [-0.25, -0.2) is 14.6 Å². The molecule has 4 aromatic rings. The molecule has 2 aromatic carbocycles. The Morgan fingerprint density at radius 2 is 1.81 bits per heavy atom. The van der Waals surface area contributed by atoms with Crippen molar-refractivity contribution in [2.24, 2.45) is 0 Å². The number of likely N-dealkylation sites (N-methyl/N-ethyl adjacent to an activating group) is 2. The fraction of sp³-hybridized carbons (Fsp3) is 0.261. The minimum atomic E-state index is 0.400. The Kier molecular flexibility index (Phi) is 5.83. The van der Waals surface area contributed by atoms with E-state index >= 15 is 0 Å². The smallest absolute Gasteiger partial charge is 0.165 e. The third kappa shape index (κ3) is 3.90. The summed E-state index contributed by atoms with van der Waals surface area (Å²) < 4.78 is 7.32. The van der Waals surface area contributed by atoms with E-state index in [1.165, 1.54) is 0 Å². The number of ether oxygens (including phenoxy) is 1. The molecule has 0 bridgehead atoms. The van der Waals surface area contributed by atoms with Gasteiger partial charge in [0.2, 0.25) is 0 Å². The lowest BCUT2D eigenvalue weighted by Gasteiger charge is -2.25. The number of aromatic nitrogens is 4. The number of hydrogen-bond acceptors (Lipinski definition) is 8. The lowest BCUT2D eigenvalue weighted by molar-refractivity contribution is 0.414. The molecule has 0 saturated heterocycles. The number of methoxy groups -OCH3 is 1. The summed E-state index contributed by atoms with van der Waals surface area (Å²) in [5.74, 6) is 1.57. The van der Waals surface area contributed by atoms with Gasteiger partial charge in [-0.3, -0.25) is 0 Å². The number of hydrogen-bond donors (Lipinski definition) is 2. The highest BCUT2D eigenvalue weighted by molar-refractivity contribution is 5.94. The molecule has 0 amide bonds. The first-order valence-electron chi connectivity index (χ1n) is 10.3.